The quantitative estimate of drug-likeness (QED) is 0.247. The van der Waals surface area contributed by atoms with Crippen LogP contribution in [0.25, 0.3) is 22.0 Å². The number of aromatic nitrogens is 1. The Morgan fingerprint density at radius 1 is 1.00 bits per heavy atom. The van der Waals surface area contributed by atoms with E-state index in [0.717, 1.165) is 40.7 Å². The van der Waals surface area contributed by atoms with E-state index in [4.69, 9.17) is 14.2 Å². The summed E-state index contributed by atoms with van der Waals surface area (Å²) in [5.41, 5.74) is 5.13. The van der Waals surface area contributed by atoms with Crippen LogP contribution in [0.3, 0.4) is 0 Å². The summed E-state index contributed by atoms with van der Waals surface area (Å²) in [5.74, 6) is -0.0385. The molecule has 0 radical (unpaired) electrons. The first-order valence-electron chi connectivity index (χ1n) is 13.9. The third kappa shape index (κ3) is 4.84. The second kappa shape index (κ2) is 10.8. The standard InChI is InChI=1S/C33H32N2O6/c1-4-40-32(37)28-18-35(24-11-12-24)29-27(30(28)36)15-14-26(31(29)39-3)22-10-13-25-20(2)34(17-23(25)16-22)33(38)41-19-21-8-6-5-7-9-21/h5-10,13-16,18,20,24H,4,11-12,17,19H2,1-3H3. The molecule has 1 aliphatic carbocycles. The average molecular weight is 553 g/mol. The number of hydrogen-bond donors (Lipinski definition) is 0. The maximum atomic E-state index is 13.4. The number of carbonyl (C=O) groups excluding carboxylic acids is 2. The predicted octanol–water partition coefficient (Wildman–Crippen LogP) is 6.40. The summed E-state index contributed by atoms with van der Waals surface area (Å²) < 4.78 is 18.7. The first-order valence-corrected chi connectivity index (χ1v) is 13.9. The molecule has 1 amide bonds. The lowest BCUT2D eigenvalue weighted by molar-refractivity contribution is 0.0524. The van der Waals surface area contributed by atoms with Crippen molar-refractivity contribution in [2.45, 2.75) is 51.9 Å². The monoisotopic (exact) mass is 552 g/mol. The minimum atomic E-state index is -0.614. The average Bonchev–Trinajstić information content (AvgIpc) is 3.79. The fourth-order valence-corrected chi connectivity index (χ4v) is 5.68. The number of methoxy groups -OCH3 is 1. The van der Waals surface area contributed by atoms with E-state index >= 15 is 0 Å². The minimum Gasteiger partial charge on any atom is -0.494 e. The zero-order chi connectivity index (χ0) is 28.7. The zero-order valence-corrected chi connectivity index (χ0v) is 23.4. The number of ether oxygens (including phenoxy) is 3. The van der Waals surface area contributed by atoms with Crippen molar-refractivity contribution in [1.82, 2.24) is 9.47 Å². The van der Waals surface area contributed by atoms with Gasteiger partial charge in [0, 0.05) is 24.3 Å². The number of fused-ring (bicyclic) bond motifs is 2. The van der Waals surface area contributed by atoms with Crippen LogP contribution in [0.1, 0.15) is 65.8 Å². The van der Waals surface area contributed by atoms with E-state index in [9.17, 15) is 14.4 Å². The Kier molecular flexibility index (Phi) is 6.99. The molecule has 6 rings (SSSR count). The van der Waals surface area contributed by atoms with Gasteiger partial charge in [-0.25, -0.2) is 9.59 Å². The summed E-state index contributed by atoms with van der Waals surface area (Å²) in [4.78, 5) is 40.6. The van der Waals surface area contributed by atoms with Crippen LogP contribution in [0.4, 0.5) is 4.79 Å². The van der Waals surface area contributed by atoms with E-state index in [2.05, 4.69) is 6.07 Å². The van der Waals surface area contributed by atoms with Crippen molar-refractivity contribution >= 4 is 23.0 Å². The normalized spacial score (nSPS) is 16.0. The highest BCUT2D eigenvalue weighted by Gasteiger charge is 2.33. The van der Waals surface area contributed by atoms with Crippen LogP contribution in [-0.4, -0.2) is 35.2 Å². The van der Waals surface area contributed by atoms with Gasteiger partial charge in [-0.15, -0.1) is 0 Å². The van der Waals surface area contributed by atoms with Crippen LogP contribution in [0.2, 0.25) is 0 Å². The minimum absolute atomic E-state index is 0.0341. The molecular formula is C33H32N2O6. The van der Waals surface area contributed by atoms with Crippen molar-refractivity contribution in [2.24, 2.45) is 0 Å². The Bertz CT molecular complexity index is 1710. The molecule has 0 spiro atoms. The summed E-state index contributed by atoms with van der Waals surface area (Å²) in [6.45, 7) is 4.57. The summed E-state index contributed by atoms with van der Waals surface area (Å²) in [6.07, 6.45) is 3.19. The van der Waals surface area contributed by atoms with Crippen LogP contribution in [0, 0.1) is 0 Å². The number of hydrogen-bond acceptors (Lipinski definition) is 6. The van der Waals surface area contributed by atoms with Gasteiger partial charge in [0.25, 0.3) is 0 Å². The van der Waals surface area contributed by atoms with Crippen LogP contribution in [0.15, 0.2) is 71.7 Å². The number of pyridine rings is 1. The van der Waals surface area contributed by atoms with Crippen LogP contribution in [-0.2, 0) is 22.6 Å². The maximum Gasteiger partial charge on any atom is 0.410 e. The van der Waals surface area contributed by atoms with E-state index in [1.165, 1.54) is 0 Å². The Morgan fingerprint density at radius 2 is 1.78 bits per heavy atom. The van der Waals surface area contributed by atoms with E-state index in [-0.39, 0.29) is 42.4 Å². The third-order valence-corrected chi connectivity index (χ3v) is 7.94. The molecule has 8 nitrogen and oxygen atoms in total. The fourth-order valence-electron chi connectivity index (χ4n) is 5.68. The Balaban J connectivity index is 1.35. The van der Waals surface area contributed by atoms with Crippen LogP contribution < -0.4 is 10.2 Å². The SMILES string of the molecule is CCOC(=O)c1cn(C2CC2)c2c(OC)c(-c3ccc4c(c3)CN(C(=O)OCc3ccccc3)C4C)ccc2c1=O. The van der Waals surface area contributed by atoms with Gasteiger partial charge in [-0.05, 0) is 67.1 Å². The van der Waals surface area contributed by atoms with Crippen molar-refractivity contribution in [2.75, 3.05) is 13.7 Å². The number of rotatable bonds is 7. The number of nitrogens with zero attached hydrogens (tertiary/aromatic N) is 2. The highest BCUT2D eigenvalue weighted by atomic mass is 16.6. The predicted molar refractivity (Wildman–Crippen MR) is 155 cm³/mol. The van der Waals surface area contributed by atoms with Gasteiger partial charge in [0.2, 0.25) is 5.43 Å². The second-order valence-electron chi connectivity index (χ2n) is 10.5. The van der Waals surface area contributed by atoms with Gasteiger partial charge in [-0.2, -0.15) is 0 Å². The van der Waals surface area contributed by atoms with E-state index in [0.29, 0.717) is 23.2 Å². The van der Waals surface area contributed by atoms with Gasteiger partial charge in [-0.1, -0.05) is 42.5 Å². The molecule has 210 valence electrons. The van der Waals surface area contributed by atoms with E-state index in [1.807, 2.05) is 60.0 Å². The molecule has 0 N–H and O–H groups in total. The van der Waals surface area contributed by atoms with Gasteiger partial charge >= 0.3 is 12.1 Å². The third-order valence-electron chi connectivity index (χ3n) is 7.94. The van der Waals surface area contributed by atoms with Crippen LogP contribution in [0.5, 0.6) is 5.75 Å². The summed E-state index contributed by atoms with van der Waals surface area (Å²) in [5, 5.41) is 0.421. The van der Waals surface area contributed by atoms with Crippen molar-refractivity contribution in [3.63, 3.8) is 0 Å². The number of carbonyl (C=O) groups is 2. The lowest BCUT2D eigenvalue weighted by Crippen LogP contribution is -2.28. The van der Waals surface area contributed by atoms with Gasteiger partial charge in [0.05, 0.1) is 30.7 Å². The zero-order valence-electron chi connectivity index (χ0n) is 23.4. The first kappa shape index (κ1) is 26.6. The lowest BCUT2D eigenvalue weighted by Gasteiger charge is -2.21. The molecule has 1 aromatic heterocycles. The number of amides is 1. The molecule has 2 aliphatic rings. The summed E-state index contributed by atoms with van der Waals surface area (Å²) in [7, 11) is 1.60. The molecule has 1 aliphatic heterocycles. The molecule has 1 saturated carbocycles. The van der Waals surface area contributed by atoms with E-state index in [1.54, 1.807) is 31.2 Å². The second-order valence-corrected chi connectivity index (χ2v) is 10.5. The molecule has 2 heterocycles. The lowest BCUT2D eigenvalue weighted by atomic mass is 9.96. The molecule has 1 unspecified atom stereocenters. The maximum absolute atomic E-state index is 13.4. The van der Waals surface area contributed by atoms with Gasteiger partial charge in [-0.3, -0.25) is 9.69 Å². The molecule has 8 heteroatoms. The van der Waals surface area contributed by atoms with Gasteiger partial charge < -0.3 is 18.8 Å². The largest absolute Gasteiger partial charge is 0.494 e. The number of esters is 1. The van der Waals surface area contributed by atoms with Crippen molar-refractivity contribution in [1.29, 1.82) is 0 Å². The molecular weight excluding hydrogens is 520 g/mol. The van der Waals surface area contributed by atoms with E-state index < -0.39 is 5.97 Å². The van der Waals surface area contributed by atoms with Gasteiger partial charge in [0.1, 0.15) is 12.2 Å². The van der Waals surface area contributed by atoms with Crippen molar-refractivity contribution in [3.05, 3.63) is 99.3 Å². The Morgan fingerprint density at radius 3 is 2.49 bits per heavy atom. The molecule has 3 aromatic carbocycles. The molecule has 41 heavy (non-hydrogen) atoms. The topological polar surface area (TPSA) is 87.1 Å². The first-order chi connectivity index (χ1) is 19.9. The van der Waals surface area contributed by atoms with Crippen molar-refractivity contribution < 1.29 is 23.8 Å². The van der Waals surface area contributed by atoms with Crippen LogP contribution >= 0.6 is 0 Å². The summed E-state index contributed by atoms with van der Waals surface area (Å²) >= 11 is 0. The smallest absolute Gasteiger partial charge is 0.410 e. The highest BCUT2D eigenvalue weighted by molar-refractivity contribution is 5.98. The molecule has 1 atom stereocenters. The molecule has 4 aromatic rings. The van der Waals surface area contributed by atoms with Gasteiger partial charge in [0.15, 0.2) is 5.75 Å². The number of benzene rings is 3. The summed E-state index contributed by atoms with van der Waals surface area (Å²) in [6, 6.07) is 19.5. The molecule has 1 fully saturated rings. The molecule has 0 saturated heterocycles. The Labute approximate surface area is 238 Å². The Hall–Kier alpha value is -4.59. The highest BCUT2D eigenvalue weighted by Crippen LogP contribution is 2.44. The van der Waals surface area contributed by atoms with Crippen molar-refractivity contribution in [3.8, 4) is 16.9 Å². The molecule has 0 bridgehead atoms. The fraction of sp³-hybridized carbons (Fsp3) is 0.303.